The zero-order valence-electron chi connectivity index (χ0n) is 14.1. The Kier molecular flexibility index (Phi) is 8.43. The Morgan fingerprint density at radius 2 is 1.65 bits per heavy atom. The van der Waals surface area contributed by atoms with Crippen LogP contribution in [0.5, 0.6) is 0 Å². The monoisotopic (exact) mass is 470 g/mol. The summed E-state index contributed by atoms with van der Waals surface area (Å²) in [6.07, 6.45) is 0. The van der Waals surface area contributed by atoms with Gasteiger partial charge in [0.25, 0.3) is 0 Å². The minimum absolute atomic E-state index is 0.479. The van der Waals surface area contributed by atoms with Crippen LogP contribution in [0.15, 0.2) is 28.0 Å². The van der Waals surface area contributed by atoms with Gasteiger partial charge in [0.05, 0.1) is 0 Å². The van der Waals surface area contributed by atoms with Gasteiger partial charge in [0.15, 0.2) is 0 Å². The summed E-state index contributed by atoms with van der Waals surface area (Å²) >= 11 is 4.58. The molecule has 0 spiro atoms. The molecule has 23 heavy (non-hydrogen) atoms. The summed E-state index contributed by atoms with van der Waals surface area (Å²) in [7, 11) is 5.89. The molecule has 1 aromatic carbocycles. The molecule has 0 saturated carbocycles. The van der Waals surface area contributed by atoms with E-state index in [1.165, 1.54) is 15.4 Å². The fraction of sp³-hybridized carbons (Fsp3) is 0.600. The molecule has 0 amide bonds. The Morgan fingerprint density at radius 1 is 1.09 bits per heavy atom. The molecule has 1 atom stereocenters. The van der Waals surface area contributed by atoms with Crippen LogP contribution < -0.4 is 0 Å². The van der Waals surface area contributed by atoms with E-state index in [1.807, 2.05) is 29.7 Å². The van der Waals surface area contributed by atoms with E-state index in [0.717, 1.165) is 0 Å². The topological polar surface area (TPSA) is 18.5 Å². The molecule has 130 valence electrons. The van der Waals surface area contributed by atoms with E-state index < -0.39 is 16.9 Å². The van der Waals surface area contributed by atoms with Crippen LogP contribution in [0.3, 0.4) is 0 Å². The zero-order chi connectivity index (χ0) is 17.0. The standard InChI is InChI=1S/C15H24AsO2PS4/c1-11(2)9-17-19(20,18-10-12(3)4)23-16-21-14-7-6-13(5)8-15(14)22-16/h6-8,11-12H,9-10H2,1-5H3. The Hall–Kier alpha value is 1.40. The van der Waals surface area contributed by atoms with Crippen molar-refractivity contribution in [2.24, 2.45) is 11.8 Å². The van der Waals surface area contributed by atoms with Crippen molar-refractivity contribution < 1.29 is 9.05 Å². The van der Waals surface area contributed by atoms with Gasteiger partial charge < -0.3 is 0 Å². The SMILES string of the molecule is Cc1ccc2c(c1)S[As](SP(=S)(OCC(C)C)OCC(C)C)S2. The molecule has 1 unspecified atom stereocenters. The predicted octanol–water partition coefficient (Wildman–Crippen LogP) is 6.48. The predicted molar refractivity (Wildman–Crippen MR) is 112 cm³/mol. The second-order valence-corrected chi connectivity index (χ2v) is 28.8. The number of aryl methyl sites for hydroxylation is 1. The molecule has 1 aliphatic rings. The summed E-state index contributed by atoms with van der Waals surface area (Å²) < 4.78 is 12.2. The molecule has 0 radical (unpaired) electrons. The van der Waals surface area contributed by atoms with Gasteiger partial charge >= 0.3 is 161 Å². The average Bonchev–Trinajstić information content (AvgIpc) is 2.84. The van der Waals surface area contributed by atoms with Crippen LogP contribution in [-0.4, -0.2) is 24.4 Å². The number of benzene rings is 1. The normalized spacial score (nSPS) is 18.0. The second kappa shape index (κ2) is 9.37. The van der Waals surface area contributed by atoms with Crippen LogP contribution in [0, 0.1) is 18.8 Å². The Labute approximate surface area is 159 Å². The Balaban J connectivity index is 2.02. The first-order valence-electron chi connectivity index (χ1n) is 7.63. The van der Waals surface area contributed by atoms with Crippen LogP contribution >= 0.6 is 35.4 Å². The third-order valence-corrected chi connectivity index (χ3v) is 32.4. The molecule has 0 bridgehead atoms. The van der Waals surface area contributed by atoms with Gasteiger partial charge in [-0.05, 0) is 0 Å². The molecule has 1 aliphatic heterocycles. The molecule has 0 saturated heterocycles. The van der Waals surface area contributed by atoms with Crippen LogP contribution in [0.25, 0.3) is 0 Å². The van der Waals surface area contributed by atoms with E-state index in [0.29, 0.717) is 25.0 Å². The second-order valence-electron chi connectivity index (χ2n) is 6.26. The molecule has 8 heteroatoms. The van der Waals surface area contributed by atoms with Gasteiger partial charge in [0.2, 0.25) is 0 Å². The molecule has 0 aliphatic carbocycles. The van der Waals surface area contributed by atoms with Crippen molar-refractivity contribution >= 4 is 58.4 Å². The first-order valence-corrected chi connectivity index (χ1v) is 20.1. The summed E-state index contributed by atoms with van der Waals surface area (Å²) in [6, 6.07) is 6.72. The van der Waals surface area contributed by atoms with Crippen LogP contribution in [0.1, 0.15) is 33.3 Å². The minimum atomic E-state index is -2.24. The number of hydrogen-bond donors (Lipinski definition) is 0. The van der Waals surface area contributed by atoms with Crippen LogP contribution in [0.2, 0.25) is 0 Å². The summed E-state index contributed by atoms with van der Waals surface area (Å²) in [5, 5.41) is 0. The van der Waals surface area contributed by atoms with Crippen molar-refractivity contribution in [3.05, 3.63) is 23.8 Å². The molecular formula is C15H24AsO2PS4. The van der Waals surface area contributed by atoms with Crippen molar-refractivity contribution in [2.75, 3.05) is 13.2 Å². The Bertz CT molecular complexity index is 567. The molecule has 2 rings (SSSR count). The van der Waals surface area contributed by atoms with Gasteiger partial charge in [-0.2, -0.15) is 0 Å². The maximum atomic E-state index is 6.10. The van der Waals surface area contributed by atoms with Crippen molar-refractivity contribution in [2.45, 2.75) is 44.4 Å². The quantitative estimate of drug-likeness (QED) is 0.317. The maximum absolute atomic E-state index is 6.10. The first-order chi connectivity index (χ1) is 10.8. The fourth-order valence-corrected chi connectivity index (χ4v) is 41.1. The van der Waals surface area contributed by atoms with E-state index in [9.17, 15) is 0 Å². The van der Waals surface area contributed by atoms with Gasteiger partial charge in [-0.15, -0.1) is 0 Å². The van der Waals surface area contributed by atoms with Crippen molar-refractivity contribution in [3.8, 4) is 0 Å². The van der Waals surface area contributed by atoms with Crippen LogP contribution in [-0.2, 0) is 20.9 Å². The van der Waals surface area contributed by atoms with E-state index >= 15 is 0 Å². The number of hydrogen-bond acceptors (Lipinski definition) is 6. The fourth-order valence-electron chi connectivity index (χ4n) is 1.62. The van der Waals surface area contributed by atoms with E-state index in [-0.39, 0.29) is 0 Å². The summed E-state index contributed by atoms with van der Waals surface area (Å²) in [4.78, 5) is 2.82. The molecule has 1 aromatic rings. The van der Waals surface area contributed by atoms with E-state index in [1.54, 1.807) is 0 Å². The van der Waals surface area contributed by atoms with Crippen molar-refractivity contribution in [1.82, 2.24) is 0 Å². The van der Waals surface area contributed by atoms with Crippen molar-refractivity contribution in [3.63, 3.8) is 0 Å². The molecule has 1 heterocycles. The molecular weight excluding hydrogens is 446 g/mol. The number of rotatable bonds is 8. The average molecular weight is 471 g/mol. The molecule has 0 aromatic heterocycles. The van der Waals surface area contributed by atoms with Gasteiger partial charge in [0.1, 0.15) is 0 Å². The third-order valence-electron chi connectivity index (χ3n) is 2.74. The first kappa shape index (κ1) is 20.7. The Morgan fingerprint density at radius 3 is 2.22 bits per heavy atom. The van der Waals surface area contributed by atoms with E-state index in [2.05, 4.69) is 52.8 Å². The van der Waals surface area contributed by atoms with Gasteiger partial charge in [-0.25, -0.2) is 0 Å². The summed E-state index contributed by atoms with van der Waals surface area (Å²) in [5.41, 5.74) is -0.920. The van der Waals surface area contributed by atoms with Crippen LogP contribution in [0.4, 0.5) is 0 Å². The molecule has 0 fully saturated rings. The van der Waals surface area contributed by atoms with Gasteiger partial charge in [0, 0.05) is 0 Å². The van der Waals surface area contributed by atoms with Crippen molar-refractivity contribution in [1.29, 1.82) is 0 Å². The summed E-state index contributed by atoms with van der Waals surface area (Å²) in [5.74, 6) is 0.957. The molecule has 2 nitrogen and oxygen atoms in total. The number of fused-ring (bicyclic) bond motifs is 1. The van der Waals surface area contributed by atoms with E-state index in [4.69, 9.17) is 20.9 Å². The summed E-state index contributed by atoms with van der Waals surface area (Å²) in [6.45, 7) is 12.1. The zero-order valence-corrected chi connectivity index (χ0v) is 20.2. The third kappa shape index (κ3) is 6.90. The molecule has 0 N–H and O–H groups in total. The van der Waals surface area contributed by atoms with Gasteiger partial charge in [-0.3, -0.25) is 0 Å². The van der Waals surface area contributed by atoms with Gasteiger partial charge in [-0.1, -0.05) is 0 Å².